The Bertz CT molecular complexity index is 1220. The molecular formula is C21H22FN5O2S. The minimum absolute atomic E-state index is 0.0813. The molecule has 7 nitrogen and oxygen atoms in total. The molecule has 0 amide bonds. The van der Waals surface area contributed by atoms with E-state index < -0.39 is 11.1 Å². The second-order valence-electron chi connectivity index (χ2n) is 8.39. The predicted octanol–water partition coefficient (Wildman–Crippen LogP) is 1.81. The van der Waals surface area contributed by atoms with Gasteiger partial charge in [0.25, 0.3) is 0 Å². The number of aromatic nitrogens is 4. The van der Waals surface area contributed by atoms with E-state index in [0.29, 0.717) is 18.8 Å². The molecule has 156 valence electrons. The number of hydrogen-bond acceptors (Lipinski definition) is 6. The molecule has 1 fully saturated rings. The van der Waals surface area contributed by atoms with Gasteiger partial charge in [0.2, 0.25) is 0 Å². The maximum absolute atomic E-state index is 13.2. The molecule has 5 rings (SSSR count). The van der Waals surface area contributed by atoms with Gasteiger partial charge in [0.05, 0.1) is 17.2 Å². The second-order valence-corrected chi connectivity index (χ2v) is 9.45. The van der Waals surface area contributed by atoms with Crippen LogP contribution in [0.5, 0.6) is 0 Å². The van der Waals surface area contributed by atoms with Crippen molar-refractivity contribution in [2.24, 2.45) is 5.41 Å². The van der Waals surface area contributed by atoms with Gasteiger partial charge in [-0.2, -0.15) is 5.10 Å². The van der Waals surface area contributed by atoms with Crippen LogP contribution < -0.4 is 11.1 Å². The molecule has 1 unspecified atom stereocenters. The van der Waals surface area contributed by atoms with Crippen LogP contribution in [0.15, 0.2) is 39.2 Å². The molecule has 2 aliphatic rings. The number of nitrogens with zero attached hydrogens (tertiary/aromatic N) is 5. The Kier molecular flexibility index (Phi) is 4.67. The lowest BCUT2D eigenvalue weighted by molar-refractivity contribution is 0.246. The van der Waals surface area contributed by atoms with Crippen LogP contribution in [0.1, 0.15) is 28.5 Å². The molecule has 3 aromatic rings. The van der Waals surface area contributed by atoms with Gasteiger partial charge in [-0.3, -0.25) is 19.1 Å². The van der Waals surface area contributed by atoms with E-state index in [0.717, 1.165) is 42.3 Å². The smallest absolute Gasteiger partial charge is 0.298 e. The topological polar surface area (TPSA) is 73.0 Å². The summed E-state index contributed by atoms with van der Waals surface area (Å²) in [5, 5.41) is 7.34. The molecule has 2 aliphatic heterocycles. The van der Waals surface area contributed by atoms with Crippen molar-refractivity contribution in [1.29, 1.82) is 0 Å². The van der Waals surface area contributed by atoms with Crippen molar-refractivity contribution < 1.29 is 4.39 Å². The molecule has 1 aromatic carbocycles. The average Bonchev–Trinajstić information content (AvgIpc) is 3.41. The molecule has 4 heterocycles. The van der Waals surface area contributed by atoms with Crippen molar-refractivity contribution in [2.75, 3.05) is 13.1 Å². The number of benzene rings is 1. The highest BCUT2D eigenvalue weighted by atomic mass is 32.1. The monoisotopic (exact) mass is 427 g/mol. The van der Waals surface area contributed by atoms with E-state index >= 15 is 0 Å². The highest BCUT2D eigenvalue weighted by molar-refractivity contribution is 7.09. The van der Waals surface area contributed by atoms with E-state index in [1.54, 1.807) is 4.57 Å². The summed E-state index contributed by atoms with van der Waals surface area (Å²) in [7, 11) is 0. The molecule has 30 heavy (non-hydrogen) atoms. The van der Waals surface area contributed by atoms with Gasteiger partial charge in [-0.15, -0.1) is 11.3 Å². The number of hydrogen-bond donors (Lipinski definition) is 0. The van der Waals surface area contributed by atoms with Gasteiger partial charge in [-0.05, 0) is 37.6 Å². The molecular weight excluding hydrogens is 405 g/mol. The van der Waals surface area contributed by atoms with Crippen LogP contribution >= 0.6 is 11.3 Å². The van der Waals surface area contributed by atoms with Gasteiger partial charge < -0.3 is 0 Å². The van der Waals surface area contributed by atoms with E-state index in [2.05, 4.69) is 15.0 Å². The Morgan fingerprint density at radius 1 is 1.13 bits per heavy atom. The Balaban J connectivity index is 1.35. The minimum atomic E-state index is -0.595. The van der Waals surface area contributed by atoms with Crippen LogP contribution in [0.4, 0.5) is 4.39 Å². The summed E-state index contributed by atoms with van der Waals surface area (Å²) >= 11 is 1.51. The van der Waals surface area contributed by atoms with Crippen molar-refractivity contribution >= 4 is 11.3 Å². The van der Waals surface area contributed by atoms with Gasteiger partial charge in [0.1, 0.15) is 11.6 Å². The minimum Gasteiger partial charge on any atom is -0.298 e. The number of aryl methyl sites for hydroxylation is 1. The second kappa shape index (κ2) is 7.24. The molecule has 1 saturated heterocycles. The fraction of sp³-hybridized carbons (Fsp3) is 0.429. The standard InChI is InChI=1S/C21H22FN5O2S/c1-14-23-17(11-30-14)10-27-20(29)19(28)26-13-21(8-18(26)24-27)6-7-25(12-21)9-15-2-4-16(22)5-3-15/h2-5,11H,6-10,12-13H2,1H3. The molecule has 9 heteroatoms. The first kappa shape index (κ1) is 19.3. The third-order valence-electron chi connectivity index (χ3n) is 6.05. The fourth-order valence-electron chi connectivity index (χ4n) is 4.63. The zero-order valence-electron chi connectivity index (χ0n) is 16.7. The third kappa shape index (κ3) is 3.52. The van der Waals surface area contributed by atoms with Gasteiger partial charge >= 0.3 is 11.1 Å². The van der Waals surface area contributed by atoms with Crippen LogP contribution in [0.2, 0.25) is 0 Å². The zero-order chi connectivity index (χ0) is 20.9. The van der Waals surface area contributed by atoms with Gasteiger partial charge in [-0.25, -0.2) is 14.1 Å². The van der Waals surface area contributed by atoms with Crippen molar-refractivity contribution in [3.05, 3.63) is 78.3 Å². The van der Waals surface area contributed by atoms with Crippen LogP contribution in [0.3, 0.4) is 0 Å². The number of thiazole rings is 1. The summed E-state index contributed by atoms with van der Waals surface area (Å²) in [6, 6.07) is 6.58. The van der Waals surface area contributed by atoms with Crippen LogP contribution in [0.25, 0.3) is 0 Å². The summed E-state index contributed by atoms with van der Waals surface area (Å²) < 4.78 is 16.0. The van der Waals surface area contributed by atoms with Crippen molar-refractivity contribution in [1.82, 2.24) is 24.2 Å². The maximum Gasteiger partial charge on any atom is 0.332 e. The normalized spacial score (nSPS) is 20.9. The first-order chi connectivity index (χ1) is 14.4. The van der Waals surface area contributed by atoms with Crippen LogP contribution in [0, 0.1) is 18.2 Å². The number of halogens is 1. The predicted molar refractivity (Wildman–Crippen MR) is 111 cm³/mol. The zero-order valence-corrected chi connectivity index (χ0v) is 17.5. The molecule has 2 aromatic heterocycles. The van der Waals surface area contributed by atoms with E-state index in [9.17, 15) is 14.0 Å². The average molecular weight is 428 g/mol. The lowest BCUT2D eigenvalue weighted by Crippen LogP contribution is -2.43. The highest BCUT2D eigenvalue weighted by Crippen LogP contribution is 2.39. The first-order valence-corrected chi connectivity index (χ1v) is 10.9. The summed E-state index contributed by atoms with van der Waals surface area (Å²) in [4.78, 5) is 32.0. The van der Waals surface area contributed by atoms with E-state index in [-0.39, 0.29) is 17.8 Å². The Morgan fingerprint density at radius 2 is 1.93 bits per heavy atom. The van der Waals surface area contributed by atoms with E-state index in [1.165, 1.54) is 28.2 Å². The summed E-state index contributed by atoms with van der Waals surface area (Å²) in [6.07, 6.45) is 1.62. The molecule has 0 saturated carbocycles. The summed E-state index contributed by atoms with van der Waals surface area (Å²) in [5.41, 5.74) is 0.638. The maximum atomic E-state index is 13.2. The Labute approximate surface area is 176 Å². The van der Waals surface area contributed by atoms with Crippen molar-refractivity contribution in [3.8, 4) is 0 Å². The van der Waals surface area contributed by atoms with E-state index in [1.807, 2.05) is 24.4 Å². The van der Waals surface area contributed by atoms with E-state index in [4.69, 9.17) is 0 Å². The van der Waals surface area contributed by atoms with Gasteiger partial charge in [-0.1, -0.05) is 12.1 Å². The summed E-state index contributed by atoms with van der Waals surface area (Å²) in [5.74, 6) is 0.443. The quantitative estimate of drug-likeness (QED) is 0.594. The highest BCUT2D eigenvalue weighted by Gasteiger charge is 2.44. The molecule has 1 spiro atoms. The molecule has 0 radical (unpaired) electrons. The largest absolute Gasteiger partial charge is 0.332 e. The number of fused-ring (bicyclic) bond motifs is 1. The molecule has 1 atom stereocenters. The van der Waals surface area contributed by atoms with Crippen LogP contribution in [-0.4, -0.2) is 37.3 Å². The Morgan fingerprint density at radius 3 is 2.67 bits per heavy atom. The van der Waals surface area contributed by atoms with Crippen molar-refractivity contribution in [2.45, 2.75) is 39.4 Å². The van der Waals surface area contributed by atoms with Gasteiger partial charge in [0, 0.05) is 36.9 Å². The van der Waals surface area contributed by atoms with Crippen LogP contribution in [-0.2, 0) is 26.1 Å². The molecule has 0 N–H and O–H groups in total. The lowest BCUT2D eigenvalue weighted by Gasteiger charge is -2.22. The number of rotatable bonds is 4. The first-order valence-electron chi connectivity index (χ1n) is 9.99. The Hall–Kier alpha value is -2.65. The third-order valence-corrected chi connectivity index (χ3v) is 6.87. The lowest BCUT2D eigenvalue weighted by atomic mass is 9.86. The molecule has 0 aliphatic carbocycles. The SMILES string of the molecule is Cc1nc(Cn2nc3n(c(=O)c2=O)CC2(CCN(Cc4ccc(F)cc4)C2)C3)cs1. The molecule has 0 bridgehead atoms. The van der Waals surface area contributed by atoms with Crippen molar-refractivity contribution in [3.63, 3.8) is 0 Å². The summed E-state index contributed by atoms with van der Waals surface area (Å²) in [6.45, 7) is 5.13. The fourth-order valence-corrected chi connectivity index (χ4v) is 5.23. The van der Waals surface area contributed by atoms with Gasteiger partial charge in [0.15, 0.2) is 0 Å². The number of likely N-dealkylation sites (tertiary alicyclic amines) is 1.